The highest BCUT2D eigenvalue weighted by molar-refractivity contribution is 5.85. The maximum absolute atomic E-state index is 10.7. The molecule has 0 rings (SSSR count). The second kappa shape index (κ2) is 6.43. The first-order valence-corrected chi connectivity index (χ1v) is 3.47. The molecule has 0 saturated carbocycles. The molecule has 11 heavy (non-hydrogen) atoms. The van der Waals surface area contributed by atoms with E-state index in [2.05, 4.69) is 5.32 Å². The van der Waals surface area contributed by atoms with E-state index in [-0.39, 0.29) is 18.3 Å². The highest BCUT2D eigenvalue weighted by Crippen LogP contribution is 1.87. The first-order chi connectivity index (χ1) is 4.57. The fourth-order valence-electron chi connectivity index (χ4n) is 0.631. The Kier molecular flexibility index (Phi) is 7.79. The molecule has 0 aromatic carbocycles. The summed E-state index contributed by atoms with van der Waals surface area (Å²) in [6, 6.07) is 0.369. The van der Waals surface area contributed by atoms with E-state index < -0.39 is 0 Å². The quantitative estimate of drug-likeness (QED) is 0.686. The van der Waals surface area contributed by atoms with Gasteiger partial charge in [-0.2, -0.15) is 0 Å². The first kappa shape index (κ1) is 13.3. The molecule has 0 aliphatic carbocycles. The van der Waals surface area contributed by atoms with Gasteiger partial charge in [0.2, 0.25) is 5.91 Å². The third-order valence-electron chi connectivity index (χ3n) is 1.58. The molecule has 0 spiro atoms. The first-order valence-electron chi connectivity index (χ1n) is 3.47. The van der Waals surface area contributed by atoms with Gasteiger partial charge in [0.25, 0.3) is 0 Å². The topological polar surface area (TPSA) is 32.3 Å². The van der Waals surface area contributed by atoms with Crippen LogP contribution >= 0.6 is 12.4 Å². The molecule has 4 heteroatoms. The molecule has 0 aromatic heterocycles. The van der Waals surface area contributed by atoms with Gasteiger partial charge in [0, 0.05) is 26.6 Å². The fraction of sp³-hybridized carbons (Fsp3) is 0.857. The number of hydrogen-bond donors (Lipinski definition) is 1. The van der Waals surface area contributed by atoms with E-state index in [9.17, 15) is 4.79 Å². The average molecular weight is 181 g/mol. The van der Waals surface area contributed by atoms with Gasteiger partial charge >= 0.3 is 0 Å². The van der Waals surface area contributed by atoms with E-state index in [0.29, 0.717) is 6.04 Å². The summed E-state index contributed by atoms with van der Waals surface area (Å²) in [6.45, 7) is 4.38. The van der Waals surface area contributed by atoms with Crippen molar-refractivity contribution in [1.29, 1.82) is 0 Å². The number of halogens is 1. The van der Waals surface area contributed by atoms with Crippen molar-refractivity contribution in [3.05, 3.63) is 0 Å². The van der Waals surface area contributed by atoms with Gasteiger partial charge in [-0.05, 0) is 14.0 Å². The summed E-state index contributed by atoms with van der Waals surface area (Å²) in [4.78, 5) is 12.4. The van der Waals surface area contributed by atoms with E-state index >= 15 is 0 Å². The van der Waals surface area contributed by atoms with Crippen LogP contribution in [0.15, 0.2) is 0 Å². The lowest BCUT2D eigenvalue weighted by Gasteiger charge is -2.19. The van der Waals surface area contributed by atoms with Crippen molar-refractivity contribution >= 4 is 18.3 Å². The second-order valence-electron chi connectivity index (χ2n) is 2.59. The average Bonchev–Trinajstić information content (AvgIpc) is 1.87. The second-order valence-corrected chi connectivity index (χ2v) is 2.59. The summed E-state index contributed by atoms with van der Waals surface area (Å²) >= 11 is 0. The van der Waals surface area contributed by atoms with Crippen molar-refractivity contribution < 1.29 is 4.79 Å². The van der Waals surface area contributed by atoms with E-state index in [0.717, 1.165) is 6.54 Å². The predicted molar refractivity (Wildman–Crippen MR) is 49.1 cm³/mol. The van der Waals surface area contributed by atoms with Crippen LogP contribution in [0.4, 0.5) is 0 Å². The summed E-state index contributed by atoms with van der Waals surface area (Å²) in [5.41, 5.74) is 0. The largest absolute Gasteiger partial charge is 0.344 e. The van der Waals surface area contributed by atoms with Gasteiger partial charge in [-0.1, -0.05) is 0 Å². The molecular formula is C7H17ClN2O. The number of rotatable bonds is 3. The summed E-state index contributed by atoms with van der Waals surface area (Å²) in [5, 5.41) is 3.06. The number of hydrogen-bond acceptors (Lipinski definition) is 2. The monoisotopic (exact) mass is 180 g/mol. The van der Waals surface area contributed by atoms with Crippen LogP contribution in [-0.2, 0) is 4.79 Å². The van der Waals surface area contributed by atoms with Gasteiger partial charge < -0.3 is 10.2 Å². The van der Waals surface area contributed by atoms with Gasteiger partial charge in [0.1, 0.15) is 0 Å². The number of carbonyl (C=O) groups is 1. The van der Waals surface area contributed by atoms with Crippen LogP contribution in [0.1, 0.15) is 13.8 Å². The van der Waals surface area contributed by atoms with Crippen molar-refractivity contribution in [1.82, 2.24) is 10.2 Å². The van der Waals surface area contributed by atoms with Crippen LogP contribution in [0.25, 0.3) is 0 Å². The molecule has 1 unspecified atom stereocenters. The van der Waals surface area contributed by atoms with Crippen molar-refractivity contribution in [3.8, 4) is 0 Å². The number of amides is 1. The van der Waals surface area contributed by atoms with Crippen LogP contribution in [0.2, 0.25) is 0 Å². The van der Waals surface area contributed by atoms with Crippen molar-refractivity contribution in [3.63, 3.8) is 0 Å². The normalized spacial score (nSPS) is 11.6. The molecular weight excluding hydrogens is 164 g/mol. The van der Waals surface area contributed by atoms with Crippen LogP contribution in [0.5, 0.6) is 0 Å². The Morgan fingerprint density at radius 1 is 1.64 bits per heavy atom. The molecule has 0 bridgehead atoms. The zero-order valence-electron chi connectivity index (χ0n) is 7.55. The number of nitrogens with one attached hydrogen (secondary N) is 1. The van der Waals surface area contributed by atoms with Crippen molar-refractivity contribution in [2.24, 2.45) is 0 Å². The highest BCUT2D eigenvalue weighted by atomic mass is 35.5. The standard InChI is InChI=1S/C7H16N2O.ClH/c1-6(8-3)5-9(4)7(2)10;/h6,8H,5H2,1-4H3;1H. The van der Waals surface area contributed by atoms with Crippen LogP contribution in [0, 0.1) is 0 Å². The Morgan fingerprint density at radius 3 is 2.36 bits per heavy atom. The molecule has 0 aliphatic rings. The van der Waals surface area contributed by atoms with E-state index in [1.165, 1.54) is 0 Å². The molecule has 0 aromatic rings. The van der Waals surface area contributed by atoms with Crippen LogP contribution in [-0.4, -0.2) is 37.5 Å². The number of likely N-dealkylation sites (N-methyl/N-ethyl adjacent to an activating group) is 2. The van der Waals surface area contributed by atoms with E-state index in [1.807, 2.05) is 14.0 Å². The Balaban J connectivity index is 0. The zero-order chi connectivity index (χ0) is 8.15. The Labute approximate surface area is 74.6 Å². The number of carbonyl (C=O) groups excluding carboxylic acids is 1. The lowest BCUT2D eigenvalue weighted by atomic mass is 10.3. The molecule has 0 radical (unpaired) electrons. The molecule has 0 heterocycles. The molecule has 1 N–H and O–H groups in total. The third-order valence-corrected chi connectivity index (χ3v) is 1.58. The van der Waals surface area contributed by atoms with Crippen molar-refractivity contribution in [2.75, 3.05) is 20.6 Å². The summed E-state index contributed by atoms with van der Waals surface area (Å²) in [5.74, 6) is 0.113. The highest BCUT2D eigenvalue weighted by Gasteiger charge is 2.04. The van der Waals surface area contributed by atoms with E-state index in [1.54, 1.807) is 18.9 Å². The van der Waals surface area contributed by atoms with Gasteiger partial charge in [0.05, 0.1) is 0 Å². The van der Waals surface area contributed by atoms with Gasteiger partial charge in [-0.15, -0.1) is 12.4 Å². The molecule has 68 valence electrons. The molecule has 3 nitrogen and oxygen atoms in total. The molecule has 0 aliphatic heterocycles. The van der Waals surface area contributed by atoms with Crippen molar-refractivity contribution in [2.45, 2.75) is 19.9 Å². The Hall–Kier alpha value is -0.280. The van der Waals surface area contributed by atoms with E-state index in [4.69, 9.17) is 0 Å². The molecule has 0 fully saturated rings. The molecule has 1 amide bonds. The molecule has 0 saturated heterocycles. The summed E-state index contributed by atoms with van der Waals surface area (Å²) in [7, 11) is 3.69. The summed E-state index contributed by atoms with van der Waals surface area (Å²) < 4.78 is 0. The molecule has 1 atom stereocenters. The SMILES string of the molecule is CNC(C)CN(C)C(C)=O.Cl. The Bertz CT molecular complexity index is 119. The minimum Gasteiger partial charge on any atom is -0.344 e. The lowest BCUT2D eigenvalue weighted by molar-refractivity contribution is -0.127. The maximum Gasteiger partial charge on any atom is 0.219 e. The zero-order valence-corrected chi connectivity index (χ0v) is 8.36. The maximum atomic E-state index is 10.7. The minimum absolute atomic E-state index is 0. The Morgan fingerprint density at radius 2 is 2.09 bits per heavy atom. The predicted octanol–water partition coefficient (Wildman–Crippen LogP) is 0.494. The smallest absolute Gasteiger partial charge is 0.219 e. The van der Waals surface area contributed by atoms with Gasteiger partial charge in [-0.3, -0.25) is 4.79 Å². The fourth-order valence-corrected chi connectivity index (χ4v) is 0.631. The van der Waals surface area contributed by atoms with Crippen LogP contribution < -0.4 is 5.32 Å². The number of nitrogens with zero attached hydrogens (tertiary/aromatic N) is 1. The minimum atomic E-state index is 0. The van der Waals surface area contributed by atoms with Crippen LogP contribution in [0.3, 0.4) is 0 Å². The van der Waals surface area contributed by atoms with Gasteiger partial charge in [0.15, 0.2) is 0 Å². The lowest BCUT2D eigenvalue weighted by Crippen LogP contribution is -2.37. The summed E-state index contributed by atoms with van der Waals surface area (Å²) in [6.07, 6.45) is 0. The van der Waals surface area contributed by atoms with Gasteiger partial charge in [-0.25, -0.2) is 0 Å². The third kappa shape index (κ3) is 6.13.